The van der Waals surface area contributed by atoms with E-state index < -0.39 is 5.79 Å². The Balaban J connectivity index is 2.46. The third kappa shape index (κ3) is 1.48. The van der Waals surface area contributed by atoms with Gasteiger partial charge in [0.25, 0.3) is 0 Å². The van der Waals surface area contributed by atoms with Gasteiger partial charge in [-0.2, -0.15) is 0 Å². The first-order valence-electron chi connectivity index (χ1n) is 3.52. The molecule has 1 fully saturated rings. The van der Waals surface area contributed by atoms with Gasteiger partial charge in [-0.15, -0.1) is 0 Å². The zero-order valence-electron chi connectivity index (χ0n) is 6.35. The topological polar surface area (TPSA) is 35.5 Å². The predicted octanol–water partition coefficient (Wildman–Crippen LogP) is 1.08. The third-order valence-corrected chi connectivity index (χ3v) is 1.56. The molecule has 1 aliphatic heterocycles. The smallest absolute Gasteiger partial charge is 0.308 e. The maximum absolute atomic E-state index is 10.6. The SMILES string of the molecule is CCOC1(C)CCC(=O)O1. The van der Waals surface area contributed by atoms with Crippen LogP contribution in [0.4, 0.5) is 0 Å². The summed E-state index contributed by atoms with van der Waals surface area (Å²) in [6.45, 7) is 4.27. The van der Waals surface area contributed by atoms with E-state index in [0.717, 1.165) is 0 Å². The van der Waals surface area contributed by atoms with E-state index in [2.05, 4.69) is 0 Å². The van der Waals surface area contributed by atoms with Gasteiger partial charge in [-0.25, -0.2) is 0 Å². The molecule has 3 heteroatoms. The summed E-state index contributed by atoms with van der Waals surface area (Å²) in [5, 5.41) is 0. The van der Waals surface area contributed by atoms with Crippen molar-refractivity contribution < 1.29 is 14.3 Å². The lowest BCUT2D eigenvalue weighted by molar-refractivity contribution is -0.201. The van der Waals surface area contributed by atoms with E-state index in [1.165, 1.54) is 0 Å². The molecule has 0 aliphatic carbocycles. The van der Waals surface area contributed by atoms with E-state index in [9.17, 15) is 4.79 Å². The van der Waals surface area contributed by atoms with Crippen molar-refractivity contribution in [3.63, 3.8) is 0 Å². The van der Waals surface area contributed by atoms with Crippen LogP contribution in [0.1, 0.15) is 26.7 Å². The Morgan fingerprint density at radius 2 is 2.50 bits per heavy atom. The average Bonchev–Trinajstić information content (AvgIpc) is 2.12. The first kappa shape index (κ1) is 7.54. The molecule has 0 aromatic heterocycles. The Morgan fingerprint density at radius 1 is 1.80 bits per heavy atom. The summed E-state index contributed by atoms with van der Waals surface area (Å²) < 4.78 is 10.1. The van der Waals surface area contributed by atoms with Gasteiger partial charge in [0.1, 0.15) is 0 Å². The fourth-order valence-corrected chi connectivity index (χ4v) is 1.08. The van der Waals surface area contributed by atoms with Gasteiger partial charge in [0, 0.05) is 20.0 Å². The van der Waals surface area contributed by atoms with Crippen LogP contribution < -0.4 is 0 Å². The van der Waals surface area contributed by atoms with E-state index in [0.29, 0.717) is 19.4 Å². The lowest BCUT2D eigenvalue weighted by Gasteiger charge is -2.21. The van der Waals surface area contributed by atoms with E-state index in [-0.39, 0.29) is 5.97 Å². The molecular formula is C7H12O3. The zero-order valence-corrected chi connectivity index (χ0v) is 6.35. The zero-order chi connectivity index (χ0) is 7.61. The number of hydrogen-bond acceptors (Lipinski definition) is 3. The van der Waals surface area contributed by atoms with Crippen LogP contribution in [-0.2, 0) is 14.3 Å². The van der Waals surface area contributed by atoms with Crippen molar-refractivity contribution in [2.75, 3.05) is 6.61 Å². The molecule has 1 aliphatic rings. The monoisotopic (exact) mass is 144 g/mol. The van der Waals surface area contributed by atoms with E-state index in [4.69, 9.17) is 9.47 Å². The fourth-order valence-electron chi connectivity index (χ4n) is 1.08. The molecule has 3 nitrogen and oxygen atoms in total. The van der Waals surface area contributed by atoms with Crippen LogP contribution in [0, 0.1) is 0 Å². The minimum Gasteiger partial charge on any atom is -0.433 e. The molecule has 1 heterocycles. The van der Waals surface area contributed by atoms with Crippen molar-refractivity contribution >= 4 is 5.97 Å². The molecule has 0 aromatic carbocycles. The van der Waals surface area contributed by atoms with Crippen molar-refractivity contribution in [1.29, 1.82) is 0 Å². The molecule has 0 radical (unpaired) electrons. The molecule has 0 spiro atoms. The Kier molecular flexibility index (Phi) is 1.94. The first-order chi connectivity index (χ1) is 4.66. The lowest BCUT2D eigenvalue weighted by Crippen LogP contribution is -2.27. The maximum atomic E-state index is 10.6. The molecule has 1 atom stereocenters. The number of esters is 1. The summed E-state index contributed by atoms with van der Waals surface area (Å²) in [6, 6.07) is 0. The summed E-state index contributed by atoms with van der Waals surface area (Å²) in [7, 11) is 0. The predicted molar refractivity (Wildman–Crippen MR) is 35.4 cm³/mol. The molecule has 10 heavy (non-hydrogen) atoms. The number of carbonyl (C=O) groups excluding carboxylic acids is 1. The van der Waals surface area contributed by atoms with Crippen molar-refractivity contribution in [1.82, 2.24) is 0 Å². The van der Waals surface area contributed by atoms with Gasteiger partial charge in [0.2, 0.25) is 5.79 Å². The molecule has 0 saturated carbocycles. The fraction of sp³-hybridized carbons (Fsp3) is 0.857. The van der Waals surface area contributed by atoms with Crippen LogP contribution in [0.3, 0.4) is 0 Å². The highest BCUT2D eigenvalue weighted by atomic mass is 16.7. The highest BCUT2D eigenvalue weighted by Gasteiger charge is 2.35. The van der Waals surface area contributed by atoms with Crippen molar-refractivity contribution in [3.8, 4) is 0 Å². The van der Waals surface area contributed by atoms with E-state index in [1.807, 2.05) is 6.92 Å². The van der Waals surface area contributed by atoms with E-state index >= 15 is 0 Å². The summed E-state index contributed by atoms with van der Waals surface area (Å²) in [6.07, 6.45) is 1.16. The summed E-state index contributed by atoms with van der Waals surface area (Å²) in [5.41, 5.74) is 0. The van der Waals surface area contributed by atoms with Gasteiger partial charge in [-0.1, -0.05) is 0 Å². The Bertz CT molecular complexity index is 144. The van der Waals surface area contributed by atoms with Crippen LogP contribution in [0.15, 0.2) is 0 Å². The molecule has 0 bridgehead atoms. The Labute approximate surface area is 60.3 Å². The standard InChI is InChI=1S/C7H12O3/c1-3-9-7(2)5-4-6(8)10-7/h3-5H2,1-2H3. The number of ether oxygens (including phenoxy) is 2. The van der Waals surface area contributed by atoms with Gasteiger partial charge < -0.3 is 9.47 Å². The maximum Gasteiger partial charge on any atom is 0.308 e. The molecule has 1 rings (SSSR count). The van der Waals surface area contributed by atoms with Crippen molar-refractivity contribution in [2.45, 2.75) is 32.5 Å². The van der Waals surface area contributed by atoms with Crippen LogP contribution in [0.2, 0.25) is 0 Å². The second-order valence-corrected chi connectivity index (χ2v) is 2.54. The average molecular weight is 144 g/mol. The molecule has 1 unspecified atom stereocenters. The summed E-state index contributed by atoms with van der Waals surface area (Å²) in [5.74, 6) is -0.790. The van der Waals surface area contributed by atoms with Crippen molar-refractivity contribution in [3.05, 3.63) is 0 Å². The summed E-state index contributed by atoms with van der Waals surface area (Å²) in [4.78, 5) is 10.6. The van der Waals surface area contributed by atoms with Crippen LogP contribution in [0.25, 0.3) is 0 Å². The minimum absolute atomic E-state index is 0.157. The number of hydrogen-bond donors (Lipinski definition) is 0. The molecular weight excluding hydrogens is 132 g/mol. The highest BCUT2D eigenvalue weighted by Crippen LogP contribution is 2.26. The molecule has 0 aromatic rings. The molecule has 58 valence electrons. The second-order valence-electron chi connectivity index (χ2n) is 2.54. The van der Waals surface area contributed by atoms with Crippen molar-refractivity contribution in [2.24, 2.45) is 0 Å². The normalized spacial score (nSPS) is 32.4. The van der Waals surface area contributed by atoms with Gasteiger partial charge in [-0.05, 0) is 6.92 Å². The highest BCUT2D eigenvalue weighted by molar-refractivity contribution is 5.71. The van der Waals surface area contributed by atoms with Gasteiger partial charge >= 0.3 is 5.97 Å². The first-order valence-corrected chi connectivity index (χ1v) is 3.52. The lowest BCUT2D eigenvalue weighted by atomic mass is 10.2. The Morgan fingerprint density at radius 3 is 2.90 bits per heavy atom. The van der Waals surface area contributed by atoms with Crippen LogP contribution in [-0.4, -0.2) is 18.4 Å². The van der Waals surface area contributed by atoms with E-state index in [1.54, 1.807) is 6.92 Å². The second kappa shape index (κ2) is 2.58. The van der Waals surface area contributed by atoms with Gasteiger partial charge in [0.15, 0.2) is 0 Å². The van der Waals surface area contributed by atoms with Crippen LogP contribution >= 0.6 is 0 Å². The van der Waals surface area contributed by atoms with Crippen LogP contribution in [0.5, 0.6) is 0 Å². The molecule has 1 saturated heterocycles. The number of carbonyl (C=O) groups is 1. The number of cyclic esters (lactones) is 1. The minimum atomic E-state index is -0.633. The quantitative estimate of drug-likeness (QED) is 0.544. The molecule has 0 amide bonds. The largest absolute Gasteiger partial charge is 0.433 e. The Hall–Kier alpha value is -0.570. The van der Waals surface area contributed by atoms with Gasteiger partial charge in [-0.3, -0.25) is 4.79 Å². The third-order valence-electron chi connectivity index (χ3n) is 1.56. The molecule has 0 N–H and O–H groups in total. The number of rotatable bonds is 2. The van der Waals surface area contributed by atoms with Gasteiger partial charge in [0.05, 0.1) is 6.42 Å². The summed E-state index contributed by atoms with van der Waals surface area (Å²) >= 11 is 0.